The molecule has 0 atom stereocenters. The molecule has 4 heteroatoms. The van der Waals surface area contributed by atoms with Gasteiger partial charge in [-0.15, -0.1) is 0 Å². The summed E-state index contributed by atoms with van der Waals surface area (Å²) in [6, 6.07) is 0.602. The fraction of sp³-hybridized carbons (Fsp3) is 0.812. The second-order valence-electron chi connectivity index (χ2n) is 6.45. The Hall–Kier alpha value is -1.03. The first-order chi connectivity index (χ1) is 9.49. The van der Waals surface area contributed by atoms with Gasteiger partial charge in [-0.1, -0.05) is 6.58 Å². The van der Waals surface area contributed by atoms with Gasteiger partial charge in [-0.2, -0.15) is 0 Å². The van der Waals surface area contributed by atoms with Crippen molar-refractivity contribution in [3.8, 4) is 0 Å². The molecule has 0 spiro atoms. The number of rotatable bonds is 3. The normalized spacial score (nSPS) is 22.4. The lowest BCUT2D eigenvalue weighted by Gasteiger charge is -2.40. The van der Waals surface area contributed by atoms with Gasteiger partial charge >= 0.3 is 0 Å². The van der Waals surface area contributed by atoms with Crippen LogP contribution in [0.5, 0.6) is 0 Å². The van der Waals surface area contributed by atoms with Crippen molar-refractivity contribution in [1.82, 2.24) is 14.7 Å². The molecule has 0 radical (unpaired) electrons. The third kappa shape index (κ3) is 3.54. The number of hydrogen-bond acceptors (Lipinski definition) is 3. The monoisotopic (exact) mass is 279 g/mol. The van der Waals surface area contributed by atoms with Crippen molar-refractivity contribution in [1.29, 1.82) is 0 Å². The summed E-state index contributed by atoms with van der Waals surface area (Å²) in [6.07, 6.45) is 2.05. The molecule has 2 fully saturated rings. The minimum Gasteiger partial charge on any atom is -0.372 e. The van der Waals surface area contributed by atoms with Crippen LogP contribution >= 0.6 is 0 Å². The van der Waals surface area contributed by atoms with E-state index in [4.69, 9.17) is 0 Å². The van der Waals surface area contributed by atoms with Gasteiger partial charge in [0.2, 0.25) is 5.91 Å². The number of amides is 1. The molecule has 2 heterocycles. The Kier molecular flexibility index (Phi) is 5.08. The summed E-state index contributed by atoms with van der Waals surface area (Å²) in [6.45, 7) is 16.2. The molecule has 2 aliphatic heterocycles. The van der Waals surface area contributed by atoms with Gasteiger partial charge < -0.3 is 14.7 Å². The molecule has 2 rings (SSSR count). The third-order valence-corrected chi connectivity index (χ3v) is 4.74. The summed E-state index contributed by atoms with van der Waals surface area (Å²) < 4.78 is 0. The van der Waals surface area contributed by atoms with E-state index in [9.17, 15) is 4.79 Å². The van der Waals surface area contributed by atoms with Gasteiger partial charge in [0.1, 0.15) is 0 Å². The molecule has 1 amide bonds. The smallest absolute Gasteiger partial charge is 0.225 e. The Morgan fingerprint density at radius 1 is 1.00 bits per heavy atom. The summed E-state index contributed by atoms with van der Waals surface area (Å²) in [5.74, 6) is 0.635. The van der Waals surface area contributed by atoms with Crippen LogP contribution < -0.4 is 0 Å². The quantitative estimate of drug-likeness (QED) is 0.788. The van der Waals surface area contributed by atoms with E-state index in [1.807, 2.05) is 6.92 Å². The average molecular weight is 279 g/mol. The first kappa shape index (κ1) is 15.4. The van der Waals surface area contributed by atoms with Crippen molar-refractivity contribution in [2.75, 3.05) is 39.3 Å². The Morgan fingerprint density at radius 3 is 1.95 bits per heavy atom. The number of hydrogen-bond donors (Lipinski definition) is 0. The highest BCUT2D eigenvalue weighted by Crippen LogP contribution is 2.22. The lowest BCUT2D eigenvalue weighted by atomic mass is 9.94. The van der Waals surface area contributed by atoms with Crippen molar-refractivity contribution >= 4 is 5.91 Å². The topological polar surface area (TPSA) is 26.8 Å². The van der Waals surface area contributed by atoms with Crippen LogP contribution in [0.3, 0.4) is 0 Å². The summed E-state index contributed by atoms with van der Waals surface area (Å²) in [5.41, 5.74) is 1.11. The highest BCUT2D eigenvalue weighted by molar-refractivity contribution is 5.79. The minimum atomic E-state index is 0.251. The van der Waals surface area contributed by atoms with Gasteiger partial charge in [0, 0.05) is 43.8 Å². The van der Waals surface area contributed by atoms with Gasteiger partial charge in [-0.3, -0.25) is 4.79 Å². The van der Waals surface area contributed by atoms with E-state index >= 15 is 0 Å². The second kappa shape index (κ2) is 6.61. The van der Waals surface area contributed by atoms with Crippen LogP contribution in [-0.4, -0.2) is 65.9 Å². The fourth-order valence-corrected chi connectivity index (χ4v) is 3.23. The minimum absolute atomic E-state index is 0.251. The predicted molar refractivity (Wildman–Crippen MR) is 82.4 cm³/mol. The molecule has 2 aliphatic rings. The Labute approximate surface area is 123 Å². The number of likely N-dealkylation sites (tertiary alicyclic amines) is 1. The molecule has 0 bridgehead atoms. The predicted octanol–water partition coefficient (Wildman–Crippen LogP) is 1.78. The Morgan fingerprint density at radius 2 is 1.50 bits per heavy atom. The van der Waals surface area contributed by atoms with Crippen LogP contribution in [0.15, 0.2) is 12.3 Å². The molecular weight excluding hydrogens is 250 g/mol. The zero-order valence-electron chi connectivity index (χ0n) is 13.3. The molecule has 0 N–H and O–H groups in total. The maximum atomic E-state index is 12.6. The maximum Gasteiger partial charge on any atom is 0.225 e. The maximum absolute atomic E-state index is 12.6. The zero-order valence-corrected chi connectivity index (χ0v) is 13.3. The van der Waals surface area contributed by atoms with Gasteiger partial charge in [0.15, 0.2) is 0 Å². The molecule has 0 aromatic rings. The average Bonchev–Trinajstić information content (AvgIpc) is 2.46. The first-order valence-electron chi connectivity index (χ1n) is 7.92. The van der Waals surface area contributed by atoms with Crippen molar-refractivity contribution in [2.45, 2.75) is 39.7 Å². The molecule has 20 heavy (non-hydrogen) atoms. The van der Waals surface area contributed by atoms with E-state index in [0.717, 1.165) is 57.8 Å². The number of carbonyl (C=O) groups excluding carboxylic acids is 1. The molecule has 0 aromatic heterocycles. The highest BCUT2D eigenvalue weighted by Gasteiger charge is 2.30. The van der Waals surface area contributed by atoms with Crippen molar-refractivity contribution in [3.63, 3.8) is 0 Å². The summed E-state index contributed by atoms with van der Waals surface area (Å²) in [7, 11) is 0. The lowest BCUT2D eigenvalue weighted by Crippen LogP contribution is -2.51. The number of piperidine rings is 1. The van der Waals surface area contributed by atoms with Crippen molar-refractivity contribution in [2.24, 2.45) is 5.92 Å². The van der Waals surface area contributed by atoms with Gasteiger partial charge in [0.25, 0.3) is 0 Å². The Bertz CT molecular complexity index is 351. The fourth-order valence-electron chi connectivity index (χ4n) is 3.23. The van der Waals surface area contributed by atoms with Gasteiger partial charge in [-0.25, -0.2) is 0 Å². The van der Waals surface area contributed by atoms with E-state index in [0.29, 0.717) is 11.9 Å². The molecule has 0 aliphatic carbocycles. The molecule has 114 valence electrons. The van der Waals surface area contributed by atoms with Crippen LogP contribution in [0.2, 0.25) is 0 Å². The van der Waals surface area contributed by atoms with Gasteiger partial charge in [0.05, 0.1) is 0 Å². The van der Waals surface area contributed by atoms with Crippen LogP contribution in [0, 0.1) is 5.92 Å². The van der Waals surface area contributed by atoms with E-state index in [1.54, 1.807) is 0 Å². The molecule has 0 aromatic carbocycles. The van der Waals surface area contributed by atoms with Crippen LogP contribution in [0.1, 0.15) is 33.6 Å². The second-order valence-corrected chi connectivity index (χ2v) is 6.45. The van der Waals surface area contributed by atoms with Gasteiger partial charge in [-0.05, 0) is 46.7 Å². The number of piperazine rings is 1. The van der Waals surface area contributed by atoms with E-state index < -0.39 is 0 Å². The van der Waals surface area contributed by atoms with Crippen molar-refractivity contribution < 1.29 is 4.79 Å². The van der Waals surface area contributed by atoms with Crippen LogP contribution in [0.4, 0.5) is 0 Å². The molecule has 4 nitrogen and oxygen atoms in total. The Balaban J connectivity index is 1.80. The number of allylic oxidation sites excluding steroid dienone is 1. The van der Waals surface area contributed by atoms with Crippen LogP contribution in [-0.2, 0) is 4.79 Å². The summed E-state index contributed by atoms with van der Waals surface area (Å²) in [5, 5.41) is 0. The molecular formula is C16H29N3O. The SMILES string of the molecule is C=C(C)N1CCN(C(=O)C2CCN(C(C)C)CC2)CC1. The van der Waals surface area contributed by atoms with E-state index in [-0.39, 0.29) is 5.92 Å². The number of carbonyl (C=O) groups is 1. The van der Waals surface area contributed by atoms with Crippen molar-refractivity contribution in [3.05, 3.63) is 12.3 Å². The van der Waals surface area contributed by atoms with Crippen LogP contribution in [0.25, 0.3) is 0 Å². The zero-order chi connectivity index (χ0) is 14.7. The van der Waals surface area contributed by atoms with E-state index in [1.165, 1.54) is 0 Å². The lowest BCUT2D eigenvalue weighted by molar-refractivity contribution is -0.138. The third-order valence-electron chi connectivity index (χ3n) is 4.74. The largest absolute Gasteiger partial charge is 0.372 e. The molecule has 2 saturated heterocycles. The summed E-state index contributed by atoms with van der Waals surface area (Å²) >= 11 is 0. The standard InChI is InChI=1S/C16H29N3O/c1-13(2)17-7-5-15(6-8-17)16(20)19-11-9-18(10-12-19)14(3)4/h13,15H,3,5-12H2,1-2,4H3. The molecule has 0 saturated carbocycles. The summed E-state index contributed by atoms with van der Waals surface area (Å²) in [4.78, 5) is 19.4. The van der Waals surface area contributed by atoms with E-state index in [2.05, 4.69) is 35.1 Å². The molecule has 0 unspecified atom stereocenters. The number of nitrogens with zero attached hydrogens (tertiary/aromatic N) is 3. The highest BCUT2D eigenvalue weighted by atomic mass is 16.2. The first-order valence-corrected chi connectivity index (χ1v) is 7.92.